The third-order valence-electron chi connectivity index (χ3n) is 6.60. The molecule has 166 valence electrons. The van der Waals surface area contributed by atoms with Gasteiger partial charge in [0.05, 0.1) is 26.3 Å². The molecule has 6 nitrogen and oxygen atoms in total. The van der Waals surface area contributed by atoms with Gasteiger partial charge in [-0.05, 0) is 79.4 Å². The molecule has 2 heterocycles. The van der Waals surface area contributed by atoms with E-state index in [9.17, 15) is 14.3 Å². The predicted octanol–water partition coefficient (Wildman–Crippen LogP) is 4.95. The molecular weight excluding hydrogens is 399 g/mol. The lowest BCUT2D eigenvalue weighted by molar-refractivity contribution is -0.137. The van der Waals surface area contributed by atoms with E-state index in [1.165, 1.54) is 13.3 Å². The summed E-state index contributed by atoms with van der Waals surface area (Å²) in [6.07, 6.45) is 8.97. The first-order valence-electron chi connectivity index (χ1n) is 11.0. The largest absolute Gasteiger partial charge is 0.481 e. The minimum Gasteiger partial charge on any atom is -0.481 e. The molecule has 2 aromatic heterocycles. The van der Waals surface area contributed by atoms with Gasteiger partial charge in [0.25, 0.3) is 0 Å². The normalized spacial score (nSPS) is 22.0. The molecule has 2 aliphatic rings. The fourth-order valence-electron chi connectivity index (χ4n) is 4.68. The summed E-state index contributed by atoms with van der Waals surface area (Å²) in [5.74, 6) is 1.01. The number of halogens is 1. The van der Waals surface area contributed by atoms with E-state index in [1.54, 1.807) is 12.3 Å². The van der Waals surface area contributed by atoms with Gasteiger partial charge in [0, 0.05) is 18.3 Å². The first-order chi connectivity index (χ1) is 15.0. The molecule has 2 saturated carbocycles. The Hall–Kier alpha value is -2.70. The van der Waals surface area contributed by atoms with Gasteiger partial charge in [-0.15, -0.1) is 0 Å². The van der Waals surface area contributed by atoms with Crippen molar-refractivity contribution in [3.63, 3.8) is 0 Å². The number of aromatic nitrogens is 2. The Bertz CT molecular complexity index is 910. The summed E-state index contributed by atoms with van der Waals surface area (Å²) in [7, 11) is 1.54. The maximum atomic E-state index is 14.2. The number of carboxylic acids is 1. The highest BCUT2D eigenvalue weighted by Crippen LogP contribution is 2.45. The van der Waals surface area contributed by atoms with E-state index in [0.717, 1.165) is 44.1 Å². The summed E-state index contributed by atoms with van der Waals surface area (Å²) in [4.78, 5) is 19.5. The van der Waals surface area contributed by atoms with E-state index in [1.807, 2.05) is 12.1 Å². The quantitative estimate of drug-likeness (QED) is 0.609. The van der Waals surface area contributed by atoms with Crippen LogP contribution in [-0.4, -0.2) is 34.8 Å². The molecule has 7 heteroatoms. The Kier molecular flexibility index (Phi) is 6.68. The fourth-order valence-corrected chi connectivity index (χ4v) is 4.68. The zero-order valence-electron chi connectivity index (χ0n) is 17.8. The number of aliphatic carboxylic acids is 1. The van der Waals surface area contributed by atoms with Crippen LogP contribution in [0, 0.1) is 17.7 Å². The highest BCUT2D eigenvalue weighted by atomic mass is 19.1. The van der Waals surface area contributed by atoms with Crippen LogP contribution < -0.4 is 9.47 Å². The van der Waals surface area contributed by atoms with Crippen LogP contribution in [-0.2, 0) is 4.79 Å². The second kappa shape index (κ2) is 9.62. The van der Waals surface area contributed by atoms with Crippen LogP contribution in [0.3, 0.4) is 0 Å². The molecule has 0 saturated heterocycles. The first kappa shape index (κ1) is 21.5. The lowest BCUT2D eigenvalue weighted by atomic mass is 9.79. The van der Waals surface area contributed by atoms with Crippen LogP contribution in [0.5, 0.6) is 11.8 Å². The monoisotopic (exact) mass is 428 g/mol. The molecule has 31 heavy (non-hydrogen) atoms. The minimum absolute atomic E-state index is 0.0329. The summed E-state index contributed by atoms with van der Waals surface area (Å²) in [6.45, 7) is 0.568. The molecule has 0 amide bonds. The molecule has 0 aromatic carbocycles. The molecule has 4 rings (SSSR count). The zero-order valence-corrected chi connectivity index (χ0v) is 17.8. The van der Waals surface area contributed by atoms with Crippen LogP contribution in [0.2, 0.25) is 0 Å². The van der Waals surface area contributed by atoms with Crippen LogP contribution >= 0.6 is 0 Å². The number of ether oxygens (including phenoxy) is 2. The lowest BCUT2D eigenvalue weighted by Gasteiger charge is -2.29. The third kappa shape index (κ3) is 5.51. The molecule has 1 N–H and O–H groups in total. The Morgan fingerprint density at radius 3 is 2.61 bits per heavy atom. The van der Waals surface area contributed by atoms with Crippen molar-refractivity contribution in [1.82, 2.24) is 9.97 Å². The van der Waals surface area contributed by atoms with Crippen molar-refractivity contribution in [2.75, 3.05) is 13.7 Å². The Balaban J connectivity index is 1.31. The molecule has 2 aliphatic carbocycles. The standard InChI is InChI=1S/C24H29FN2O4/c1-30-22-11-20(21(25)13-27-22)17-4-2-15(3-5-17)14-31-23-10-18(8-9-26-23)19(12-24(28)29)16-6-7-16/h8-11,13,15-17,19H,2-7,12,14H2,1H3,(H,28,29)/t15-,17-,19?. The van der Waals surface area contributed by atoms with E-state index in [4.69, 9.17) is 9.47 Å². The third-order valence-corrected chi connectivity index (χ3v) is 6.60. The lowest BCUT2D eigenvalue weighted by Crippen LogP contribution is -2.20. The smallest absolute Gasteiger partial charge is 0.303 e. The average molecular weight is 429 g/mol. The van der Waals surface area contributed by atoms with Gasteiger partial charge < -0.3 is 14.6 Å². The van der Waals surface area contributed by atoms with Crippen molar-refractivity contribution in [2.45, 2.75) is 56.8 Å². The van der Waals surface area contributed by atoms with Crippen LogP contribution in [0.1, 0.15) is 67.9 Å². The molecule has 0 radical (unpaired) electrons. The highest BCUT2D eigenvalue weighted by Gasteiger charge is 2.34. The Morgan fingerprint density at radius 2 is 1.94 bits per heavy atom. The van der Waals surface area contributed by atoms with Gasteiger partial charge in [-0.25, -0.2) is 14.4 Å². The van der Waals surface area contributed by atoms with Crippen molar-refractivity contribution in [3.05, 3.63) is 47.5 Å². The highest BCUT2D eigenvalue weighted by molar-refractivity contribution is 5.68. The summed E-state index contributed by atoms with van der Waals surface area (Å²) in [5.41, 5.74) is 1.69. The SMILES string of the molecule is COc1cc([C@H]2CC[C@H](COc3cc(C(CC(=O)O)C4CC4)ccn3)CC2)c(F)cn1. The van der Waals surface area contributed by atoms with E-state index >= 15 is 0 Å². The summed E-state index contributed by atoms with van der Waals surface area (Å²) in [5, 5.41) is 9.23. The second-order valence-electron chi connectivity index (χ2n) is 8.75. The first-order valence-corrected chi connectivity index (χ1v) is 11.0. The number of pyridine rings is 2. The molecule has 2 fully saturated rings. The number of carbonyl (C=O) groups is 1. The minimum atomic E-state index is -0.767. The predicted molar refractivity (Wildman–Crippen MR) is 113 cm³/mol. The van der Waals surface area contributed by atoms with Gasteiger partial charge in [0.1, 0.15) is 5.82 Å². The van der Waals surface area contributed by atoms with Gasteiger partial charge in [-0.2, -0.15) is 0 Å². The maximum Gasteiger partial charge on any atom is 0.303 e. The summed E-state index contributed by atoms with van der Waals surface area (Å²) in [6, 6.07) is 5.51. The number of carboxylic acid groups (broad SMARTS) is 1. The fraction of sp³-hybridized carbons (Fsp3) is 0.542. The molecular formula is C24H29FN2O4. The van der Waals surface area contributed by atoms with Gasteiger partial charge in [-0.1, -0.05) is 0 Å². The molecule has 2 aromatic rings. The zero-order chi connectivity index (χ0) is 21.8. The van der Waals surface area contributed by atoms with Crippen molar-refractivity contribution >= 4 is 5.97 Å². The van der Waals surface area contributed by atoms with Crippen molar-refractivity contribution in [1.29, 1.82) is 0 Å². The number of rotatable bonds is 9. The van der Waals surface area contributed by atoms with Crippen LogP contribution in [0.25, 0.3) is 0 Å². The Labute approximate surface area is 181 Å². The molecule has 0 spiro atoms. The topological polar surface area (TPSA) is 81.5 Å². The van der Waals surface area contributed by atoms with Crippen LogP contribution in [0.15, 0.2) is 30.6 Å². The number of methoxy groups -OCH3 is 1. The summed E-state index contributed by atoms with van der Waals surface area (Å²) >= 11 is 0. The Morgan fingerprint density at radius 1 is 1.16 bits per heavy atom. The summed E-state index contributed by atoms with van der Waals surface area (Å²) < 4.78 is 25.3. The van der Waals surface area contributed by atoms with E-state index in [2.05, 4.69) is 9.97 Å². The van der Waals surface area contributed by atoms with Crippen molar-refractivity contribution < 1.29 is 23.8 Å². The van der Waals surface area contributed by atoms with E-state index in [-0.39, 0.29) is 24.1 Å². The number of nitrogens with zero attached hydrogens (tertiary/aromatic N) is 2. The van der Waals surface area contributed by atoms with Crippen molar-refractivity contribution in [3.8, 4) is 11.8 Å². The number of hydrogen-bond acceptors (Lipinski definition) is 5. The van der Waals surface area contributed by atoms with Gasteiger partial charge in [-0.3, -0.25) is 4.79 Å². The second-order valence-corrected chi connectivity index (χ2v) is 8.75. The van der Waals surface area contributed by atoms with Gasteiger partial charge in [0.15, 0.2) is 0 Å². The van der Waals surface area contributed by atoms with Gasteiger partial charge >= 0.3 is 5.97 Å². The molecule has 1 unspecified atom stereocenters. The van der Waals surface area contributed by atoms with E-state index < -0.39 is 5.97 Å². The molecule has 1 atom stereocenters. The van der Waals surface area contributed by atoms with Gasteiger partial charge in [0.2, 0.25) is 11.8 Å². The molecule has 0 bridgehead atoms. The van der Waals surface area contributed by atoms with Crippen LogP contribution in [0.4, 0.5) is 4.39 Å². The van der Waals surface area contributed by atoms with Crippen molar-refractivity contribution in [2.24, 2.45) is 11.8 Å². The average Bonchev–Trinajstić information content (AvgIpc) is 3.62. The molecule has 0 aliphatic heterocycles. The van der Waals surface area contributed by atoms with E-state index in [0.29, 0.717) is 35.8 Å². The maximum absolute atomic E-state index is 14.2. The number of hydrogen-bond donors (Lipinski definition) is 1.